The third-order valence-electron chi connectivity index (χ3n) is 6.13. The van der Waals surface area contributed by atoms with Gasteiger partial charge in [0.1, 0.15) is 5.75 Å². The first-order valence-corrected chi connectivity index (χ1v) is 13.1. The van der Waals surface area contributed by atoms with Gasteiger partial charge in [-0.2, -0.15) is 23.1 Å². The number of likely N-dealkylation sites (tertiary alicyclic amines) is 1. The van der Waals surface area contributed by atoms with Gasteiger partial charge < -0.3 is 14.5 Å². The Kier molecular flexibility index (Phi) is 8.84. The van der Waals surface area contributed by atoms with Crippen LogP contribution in [0.15, 0.2) is 41.1 Å². The molecule has 0 radical (unpaired) electrons. The van der Waals surface area contributed by atoms with Crippen LogP contribution in [-0.2, 0) is 11.2 Å². The second kappa shape index (κ2) is 11.6. The van der Waals surface area contributed by atoms with E-state index in [1.807, 2.05) is 52.1 Å². The van der Waals surface area contributed by atoms with E-state index in [1.54, 1.807) is 30.2 Å². The SMILES string of the molecule is COc1cccc(CC(C2CCN(C(=O)c3ccsc3)CC2)N(C)C(=O)CCSC)c1. The lowest BCUT2D eigenvalue weighted by molar-refractivity contribution is -0.132. The fourth-order valence-electron chi connectivity index (χ4n) is 4.27. The Hall–Kier alpha value is -1.99. The second-order valence-electron chi connectivity index (χ2n) is 8.01. The van der Waals surface area contributed by atoms with Crippen molar-refractivity contribution in [3.63, 3.8) is 0 Å². The van der Waals surface area contributed by atoms with Gasteiger partial charge in [0.05, 0.1) is 12.7 Å². The lowest BCUT2D eigenvalue weighted by atomic mass is 9.84. The summed E-state index contributed by atoms with van der Waals surface area (Å²) in [4.78, 5) is 29.5. The van der Waals surface area contributed by atoms with E-state index < -0.39 is 0 Å². The van der Waals surface area contributed by atoms with Gasteiger partial charge in [-0.25, -0.2) is 0 Å². The molecule has 7 heteroatoms. The Morgan fingerprint density at radius 3 is 2.71 bits per heavy atom. The molecule has 0 saturated carbocycles. The molecule has 2 amide bonds. The van der Waals surface area contributed by atoms with Gasteiger partial charge in [0.25, 0.3) is 5.91 Å². The number of rotatable bonds is 9. The van der Waals surface area contributed by atoms with Crippen molar-refractivity contribution < 1.29 is 14.3 Å². The maximum atomic E-state index is 12.9. The lowest BCUT2D eigenvalue weighted by Gasteiger charge is -2.40. The summed E-state index contributed by atoms with van der Waals surface area (Å²) in [6, 6.07) is 10.1. The molecule has 0 aliphatic carbocycles. The van der Waals surface area contributed by atoms with Crippen LogP contribution >= 0.6 is 23.1 Å². The van der Waals surface area contributed by atoms with E-state index in [0.29, 0.717) is 12.3 Å². The highest BCUT2D eigenvalue weighted by Crippen LogP contribution is 2.28. The number of likely N-dealkylation sites (N-methyl/N-ethyl adjacent to an activating group) is 1. The number of hydrogen-bond acceptors (Lipinski definition) is 5. The molecule has 168 valence electrons. The van der Waals surface area contributed by atoms with E-state index in [9.17, 15) is 9.59 Å². The zero-order valence-electron chi connectivity index (χ0n) is 18.6. The number of benzene rings is 1. The smallest absolute Gasteiger partial charge is 0.254 e. The summed E-state index contributed by atoms with van der Waals surface area (Å²) in [7, 11) is 3.62. The molecular weight excluding hydrogens is 428 g/mol. The summed E-state index contributed by atoms with van der Waals surface area (Å²) in [5, 5.41) is 3.86. The average Bonchev–Trinajstić information content (AvgIpc) is 3.35. The van der Waals surface area contributed by atoms with Crippen molar-refractivity contribution >= 4 is 34.9 Å². The first-order valence-electron chi connectivity index (χ1n) is 10.7. The first-order chi connectivity index (χ1) is 15.0. The van der Waals surface area contributed by atoms with Crippen molar-refractivity contribution in [2.45, 2.75) is 31.7 Å². The van der Waals surface area contributed by atoms with E-state index in [2.05, 4.69) is 12.1 Å². The number of piperidine rings is 1. The number of amides is 2. The minimum Gasteiger partial charge on any atom is -0.497 e. The second-order valence-corrected chi connectivity index (χ2v) is 9.78. The molecule has 1 aromatic carbocycles. The number of thioether (sulfide) groups is 1. The highest BCUT2D eigenvalue weighted by Gasteiger charge is 2.33. The predicted molar refractivity (Wildman–Crippen MR) is 129 cm³/mol. The van der Waals surface area contributed by atoms with E-state index >= 15 is 0 Å². The molecule has 1 unspecified atom stereocenters. The third kappa shape index (κ3) is 6.26. The molecule has 0 N–H and O–H groups in total. The number of carbonyl (C=O) groups excluding carboxylic acids is 2. The fraction of sp³-hybridized carbons (Fsp3) is 0.500. The predicted octanol–water partition coefficient (Wildman–Crippen LogP) is 4.43. The molecule has 0 spiro atoms. The Labute approximate surface area is 193 Å². The number of carbonyl (C=O) groups is 2. The van der Waals surface area contributed by atoms with Crippen molar-refractivity contribution in [2.75, 3.05) is 39.3 Å². The van der Waals surface area contributed by atoms with Crippen LogP contribution in [0.1, 0.15) is 35.2 Å². The molecule has 3 rings (SSSR count). The molecule has 1 atom stereocenters. The maximum Gasteiger partial charge on any atom is 0.254 e. The van der Waals surface area contributed by atoms with Crippen LogP contribution in [0.5, 0.6) is 5.75 Å². The Balaban J connectivity index is 1.71. The molecule has 1 aliphatic rings. The van der Waals surface area contributed by atoms with E-state index in [1.165, 1.54) is 5.56 Å². The van der Waals surface area contributed by atoms with Gasteiger partial charge in [0, 0.05) is 43.7 Å². The van der Waals surface area contributed by atoms with Crippen molar-refractivity contribution in [2.24, 2.45) is 5.92 Å². The van der Waals surface area contributed by atoms with Crippen molar-refractivity contribution in [3.8, 4) is 5.75 Å². The molecular formula is C24H32N2O3S2. The summed E-state index contributed by atoms with van der Waals surface area (Å²) in [5.41, 5.74) is 1.95. The Morgan fingerprint density at radius 2 is 2.06 bits per heavy atom. The van der Waals surface area contributed by atoms with Crippen LogP contribution in [-0.4, -0.2) is 66.9 Å². The zero-order chi connectivity index (χ0) is 22.2. The highest BCUT2D eigenvalue weighted by molar-refractivity contribution is 7.98. The largest absolute Gasteiger partial charge is 0.497 e. The monoisotopic (exact) mass is 460 g/mol. The number of methoxy groups -OCH3 is 1. The van der Waals surface area contributed by atoms with Crippen LogP contribution in [0.3, 0.4) is 0 Å². The van der Waals surface area contributed by atoms with Gasteiger partial charge in [-0.15, -0.1) is 0 Å². The topological polar surface area (TPSA) is 49.9 Å². The number of nitrogens with zero attached hydrogens (tertiary/aromatic N) is 2. The summed E-state index contributed by atoms with van der Waals surface area (Å²) in [6.45, 7) is 1.47. The molecule has 0 bridgehead atoms. The minimum atomic E-state index is 0.111. The summed E-state index contributed by atoms with van der Waals surface area (Å²) >= 11 is 3.25. The molecule has 1 aliphatic heterocycles. The Bertz CT molecular complexity index is 848. The zero-order valence-corrected chi connectivity index (χ0v) is 20.2. The van der Waals surface area contributed by atoms with Gasteiger partial charge in [0.15, 0.2) is 0 Å². The molecule has 1 aromatic heterocycles. The quantitative estimate of drug-likeness (QED) is 0.555. The van der Waals surface area contributed by atoms with Crippen LogP contribution in [0, 0.1) is 5.92 Å². The molecule has 31 heavy (non-hydrogen) atoms. The summed E-state index contributed by atoms with van der Waals surface area (Å²) < 4.78 is 5.39. The van der Waals surface area contributed by atoms with Crippen LogP contribution < -0.4 is 4.74 Å². The first kappa shape index (κ1) is 23.7. The normalized spacial score (nSPS) is 15.5. The number of hydrogen-bond donors (Lipinski definition) is 0. The number of ether oxygens (including phenoxy) is 1. The van der Waals surface area contributed by atoms with Gasteiger partial charge in [-0.05, 0) is 60.6 Å². The number of thiophene rings is 1. The molecule has 1 saturated heterocycles. The third-order valence-corrected chi connectivity index (χ3v) is 7.42. The molecule has 2 aromatic rings. The maximum absolute atomic E-state index is 12.9. The summed E-state index contributed by atoms with van der Waals surface area (Å²) in [6.07, 6.45) is 5.19. The minimum absolute atomic E-state index is 0.111. The van der Waals surface area contributed by atoms with Gasteiger partial charge in [-0.1, -0.05) is 12.1 Å². The standard InChI is InChI=1S/C24H32N2O3S2/c1-25(23(27)10-13-30-3)22(16-18-5-4-6-21(15-18)29-2)19-7-11-26(12-8-19)24(28)20-9-14-31-17-20/h4-6,9,14-15,17,19,22H,7-8,10-13,16H2,1-3H3. The van der Waals surface area contributed by atoms with Gasteiger partial charge >= 0.3 is 0 Å². The van der Waals surface area contributed by atoms with E-state index in [0.717, 1.165) is 49.4 Å². The fourth-order valence-corrected chi connectivity index (χ4v) is 5.28. The van der Waals surface area contributed by atoms with Crippen LogP contribution in [0.4, 0.5) is 0 Å². The van der Waals surface area contributed by atoms with Crippen molar-refractivity contribution in [1.82, 2.24) is 9.80 Å². The van der Waals surface area contributed by atoms with Gasteiger partial charge in [-0.3, -0.25) is 9.59 Å². The van der Waals surface area contributed by atoms with Gasteiger partial charge in [0.2, 0.25) is 5.91 Å². The molecule has 2 heterocycles. The van der Waals surface area contributed by atoms with E-state index in [-0.39, 0.29) is 17.9 Å². The van der Waals surface area contributed by atoms with E-state index in [4.69, 9.17) is 4.74 Å². The Morgan fingerprint density at radius 1 is 1.29 bits per heavy atom. The highest BCUT2D eigenvalue weighted by atomic mass is 32.2. The average molecular weight is 461 g/mol. The van der Waals surface area contributed by atoms with Crippen molar-refractivity contribution in [3.05, 3.63) is 52.2 Å². The van der Waals surface area contributed by atoms with Crippen molar-refractivity contribution in [1.29, 1.82) is 0 Å². The van der Waals surface area contributed by atoms with Crippen LogP contribution in [0.25, 0.3) is 0 Å². The summed E-state index contributed by atoms with van der Waals surface area (Å²) in [5.74, 6) is 2.35. The van der Waals surface area contributed by atoms with Crippen LogP contribution in [0.2, 0.25) is 0 Å². The molecule has 1 fully saturated rings. The molecule has 5 nitrogen and oxygen atoms in total. The lowest BCUT2D eigenvalue weighted by Crippen LogP contribution is -2.48.